The fourth-order valence-electron chi connectivity index (χ4n) is 4.48. The molecule has 0 radical (unpaired) electrons. The predicted molar refractivity (Wildman–Crippen MR) is 151 cm³/mol. The number of carbonyl (C=O) groups is 2. The largest absolute Gasteiger partial charge is 0.494 e. The average Bonchev–Trinajstić information content (AvgIpc) is 2.88. The van der Waals surface area contributed by atoms with Gasteiger partial charge in [0, 0.05) is 12.6 Å². The van der Waals surface area contributed by atoms with Crippen LogP contribution in [0.15, 0.2) is 42.5 Å². The van der Waals surface area contributed by atoms with Crippen molar-refractivity contribution in [2.45, 2.75) is 64.6 Å². The van der Waals surface area contributed by atoms with Crippen molar-refractivity contribution in [3.8, 4) is 5.75 Å². The highest BCUT2D eigenvalue weighted by Crippen LogP contribution is 2.25. The summed E-state index contributed by atoms with van der Waals surface area (Å²) in [7, 11) is -3.82. The first kappa shape index (κ1) is 30.1. The van der Waals surface area contributed by atoms with E-state index >= 15 is 0 Å². The van der Waals surface area contributed by atoms with Crippen LogP contribution in [-0.2, 0) is 26.2 Å². The van der Waals surface area contributed by atoms with Crippen LogP contribution in [-0.4, -0.2) is 56.6 Å². The maximum atomic E-state index is 13.7. The highest BCUT2D eigenvalue weighted by atomic mass is 35.5. The van der Waals surface area contributed by atoms with Crippen LogP contribution in [0.1, 0.15) is 51.5 Å². The second kappa shape index (κ2) is 13.5. The van der Waals surface area contributed by atoms with Gasteiger partial charge in [0.05, 0.1) is 28.6 Å². The summed E-state index contributed by atoms with van der Waals surface area (Å²) in [6.45, 7) is 3.54. The number of nitrogens with one attached hydrogen (secondary N) is 1. The summed E-state index contributed by atoms with van der Waals surface area (Å²) in [5, 5.41) is 3.76. The molecule has 3 rings (SSSR count). The molecule has 0 unspecified atom stereocenters. The standard InChI is InChI=1S/C27H35Cl2N3O5S/c1-4-37-23-13-11-22(12-14-23)32(38(3,35)36)18-26(33)31(17-20-10-15-24(28)25(29)16-20)19(2)27(34)30-21-8-6-5-7-9-21/h10-16,19,21H,4-9,17-18H2,1-3H3,(H,30,34)/t19-/m1/s1. The van der Waals surface area contributed by atoms with Crippen LogP contribution >= 0.6 is 23.2 Å². The van der Waals surface area contributed by atoms with E-state index in [1.54, 1.807) is 49.4 Å². The molecule has 1 aliphatic carbocycles. The number of hydrogen-bond acceptors (Lipinski definition) is 5. The van der Waals surface area contributed by atoms with Gasteiger partial charge in [0.25, 0.3) is 0 Å². The molecule has 0 saturated heterocycles. The second-order valence-corrected chi connectivity index (χ2v) is 12.2. The molecule has 2 aromatic rings. The fourth-order valence-corrected chi connectivity index (χ4v) is 5.65. The molecule has 0 spiro atoms. The van der Waals surface area contributed by atoms with Crippen molar-refractivity contribution in [3.63, 3.8) is 0 Å². The summed E-state index contributed by atoms with van der Waals surface area (Å²) < 4.78 is 31.9. The Hall–Kier alpha value is -2.49. The third-order valence-corrected chi connectivity index (χ3v) is 8.45. The lowest BCUT2D eigenvalue weighted by Crippen LogP contribution is -2.52. The van der Waals surface area contributed by atoms with E-state index in [-0.39, 0.29) is 18.5 Å². The minimum absolute atomic E-state index is 0.0514. The summed E-state index contributed by atoms with van der Waals surface area (Å²) in [5.74, 6) is -0.218. The Bertz CT molecular complexity index is 1220. The monoisotopic (exact) mass is 583 g/mol. The van der Waals surface area contributed by atoms with Crippen molar-refractivity contribution in [2.75, 3.05) is 23.7 Å². The van der Waals surface area contributed by atoms with Gasteiger partial charge in [-0.1, -0.05) is 48.5 Å². The SMILES string of the molecule is CCOc1ccc(N(CC(=O)N(Cc2ccc(Cl)c(Cl)c2)[C@H](C)C(=O)NC2CCCCC2)S(C)(=O)=O)cc1. The first-order valence-corrected chi connectivity index (χ1v) is 15.3. The number of anilines is 1. The molecule has 1 saturated carbocycles. The van der Waals surface area contributed by atoms with Crippen molar-refractivity contribution in [2.24, 2.45) is 0 Å². The van der Waals surface area contributed by atoms with Crippen LogP contribution < -0.4 is 14.4 Å². The second-order valence-electron chi connectivity index (χ2n) is 9.49. The number of rotatable bonds is 11. The fraction of sp³-hybridized carbons (Fsp3) is 0.481. The summed E-state index contributed by atoms with van der Waals surface area (Å²) in [5.41, 5.74) is 0.982. The van der Waals surface area contributed by atoms with Crippen LogP contribution in [0, 0.1) is 0 Å². The maximum absolute atomic E-state index is 13.7. The molecule has 2 amide bonds. The lowest BCUT2D eigenvalue weighted by atomic mass is 9.95. The highest BCUT2D eigenvalue weighted by molar-refractivity contribution is 7.92. The van der Waals surface area contributed by atoms with Crippen molar-refractivity contribution in [1.29, 1.82) is 0 Å². The van der Waals surface area contributed by atoms with Gasteiger partial charge >= 0.3 is 0 Å². The van der Waals surface area contributed by atoms with E-state index in [1.165, 1.54) is 4.90 Å². The molecule has 2 aromatic carbocycles. The van der Waals surface area contributed by atoms with E-state index < -0.39 is 28.5 Å². The molecule has 1 atom stereocenters. The Balaban J connectivity index is 1.87. The smallest absolute Gasteiger partial charge is 0.244 e. The number of amides is 2. The highest BCUT2D eigenvalue weighted by Gasteiger charge is 2.31. The van der Waals surface area contributed by atoms with Gasteiger partial charge in [-0.05, 0) is 68.7 Å². The van der Waals surface area contributed by atoms with Crippen LogP contribution in [0.3, 0.4) is 0 Å². The molecular formula is C27H35Cl2N3O5S. The van der Waals surface area contributed by atoms with Gasteiger partial charge in [0.2, 0.25) is 21.8 Å². The number of benzene rings is 2. The molecule has 11 heteroatoms. The molecule has 0 heterocycles. The molecule has 0 aromatic heterocycles. The Morgan fingerprint density at radius 3 is 2.29 bits per heavy atom. The number of nitrogens with zero attached hydrogens (tertiary/aromatic N) is 2. The van der Waals surface area contributed by atoms with Crippen molar-refractivity contribution >= 4 is 50.7 Å². The van der Waals surface area contributed by atoms with Crippen molar-refractivity contribution in [3.05, 3.63) is 58.1 Å². The number of halogens is 2. The molecule has 0 bridgehead atoms. The molecule has 1 N–H and O–H groups in total. The molecule has 1 aliphatic rings. The molecular weight excluding hydrogens is 549 g/mol. The average molecular weight is 585 g/mol. The molecule has 0 aliphatic heterocycles. The quantitative estimate of drug-likeness (QED) is 0.400. The topological polar surface area (TPSA) is 96.0 Å². The van der Waals surface area contributed by atoms with E-state index in [0.29, 0.717) is 33.7 Å². The van der Waals surface area contributed by atoms with E-state index in [0.717, 1.165) is 42.7 Å². The number of hydrogen-bond donors (Lipinski definition) is 1. The van der Waals surface area contributed by atoms with Gasteiger partial charge < -0.3 is 15.0 Å². The van der Waals surface area contributed by atoms with Crippen LogP contribution in [0.2, 0.25) is 10.0 Å². The van der Waals surface area contributed by atoms with Gasteiger partial charge in [-0.3, -0.25) is 13.9 Å². The Morgan fingerprint density at radius 1 is 1.05 bits per heavy atom. The van der Waals surface area contributed by atoms with Crippen molar-refractivity contribution in [1.82, 2.24) is 10.2 Å². The zero-order valence-electron chi connectivity index (χ0n) is 22.0. The van der Waals surface area contributed by atoms with Gasteiger partial charge in [0.1, 0.15) is 18.3 Å². The lowest BCUT2D eigenvalue weighted by molar-refractivity contribution is -0.139. The predicted octanol–water partition coefficient (Wildman–Crippen LogP) is 5.02. The number of ether oxygens (including phenoxy) is 1. The molecule has 1 fully saturated rings. The number of carbonyl (C=O) groups excluding carboxylic acids is 2. The Morgan fingerprint density at radius 2 is 1.71 bits per heavy atom. The summed E-state index contributed by atoms with van der Waals surface area (Å²) >= 11 is 12.3. The zero-order chi connectivity index (χ0) is 27.9. The zero-order valence-corrected chi connectivity index (χ0v) is 24.3. The minimum atomic E-state index is -3.82. The summed E-state index contributed by atoms with van der Waals surface area (Å²) in [6.07, 6.45) is 6.10. The third-order valence-electron chi connectivity index (χ3n) is 6.57. The van der Waals surface area contributed by atoms with Gasteiger partial charge in [-0.2, -0.15) is 0 Å². The summed E-state index contributed by atoms with van der Waals surface area (Å²) in [4.78, 5) is 28.3. The van der Waals surface area contributed by atoms with Gasteiger partial charge in [-0.15, -0.1) is 0 Å². The van der Waals surface area contributed by atoms with E-state index in [1.807, 2.05) is 6.92 Å². The first-order chi connectivity index (χ1) is 18.0. The van der Waals surface area contributed by atoms with E-state index in [9.17, 15) is 18.0 Å². The first-order valence-electron chi connectivity index (χ1n) is 12.7. The third kappa shape index (κ3) is 8.25. The normalized spacial score (nSPS) is 15.0. The Labute approximate surface area is 235 Å². The minimum Gasteiger partial charge on any atom is -0.494 e. The van der Waals surface area contributed by atoms with Crippen LogP contribution in [0.25, 0.3) is 0 Å². The Kier molecular flexibility index (Phi) is 10.7. The van der Waals surface area contributed by atoms with Crippen LogP contribution in [0.4, 0.5) is 5.69 Å². The summed E-state index contributed by atoms with van der Waals surface area (Å²) in [6, 6.07) is 10.7. The molecule has 208 valence electrons. The van der Waals surface area contributed by atoms with Crippen molar-refractivity contribution < 1.29 is 22.7 Å². The molecule has 38 heavy (non-hydrogen) atoms. The van der Waals surface area contributed by atoms with Crippen LogP contribution in [0.5, 0.6) is 5.75 Å². The lowest BCUT2D eigenvalue weighted by Gasteiger charge is -2.33. The molecule has 8 nitrogen and oxygen atoms in total. The van der Waals surface area contributed by atoms with Gasteiger partial charge in [-0.25, -0.2) is 8.42 Å². The van der Waals surface area contributed by atoms with E-state index in [2.05, 4.69) is 5.32 Å². The van der Waals surface area contributed by atoms with E-state index in [4.69, 9.17) is 27.9 Å². The van der Waals surface area contributed by atoms with Gasteiger partial charge in [0.15, 0.2) is 0 Å². The maximum Gasteiger partial charge on any atom is 0.244 e. The number of sulfonamides is 1.